The first-order valence-corrected chi connectivity index (χ1v) is 9.13. The summed E-state index contributed by atoms with van der Waals surface area (Å²) in [4.78, 5) is 26.1. The van der Waals surface area contributed by atoms with E-state index in [1.54, 1.807) is 4.90 Å². The molecule has 0 saturated heterocycles. The van der Waals surface area contributed by atoms with Gasteiger partial charge in [0.25, 0.3) is 0 Å². The lowest BCUT2D eigenvalue weighted by Crippen LogP contribution is -2.34. The van der Waals surface area contributed by atoms with Crippen molar-refractivity contribution in [3.05, 3.63) is 65.2 Å². The van der Waals surface area contributed by atoms with Gasteiger partial charge in [-0.3, -0.25) is 9.59 Å². The van der Waals surface area contributed by atoms with Gasteiger partial charge >= 0.3 is 5.97 Å². The van der Waals surface area contributed by atoms with Gasteiger partial charge < -0.3 is 14.4 Å². The summed E-state index contributed by atoms with van der Waals surface area (Å²) in [7, 11) is 1.36. The zero-order valence-electron chi connectivity index (χ0n) is 16.2. The van der Waals surface area contributed by atoms with Crippen molar-refractivity contribution in [1.29, 1.82) is 0 Å². The number of esters is 1. The molecule has 5 nitrogen and oxygen atoms in total. The predicted molar refractivity (Wildman–Crippen MR) is 105 cm³/mol. The molecule has 0 saturated carbocycles. The molecule has 0 atom stereocenters. The van der Waals surface area contributed by atoms with E-state index in [0.29, 0.717) is 19.7 Å². The van der Waals surface area contributed by atoms with Crippen molar-refractivity contribution in [2.45, 2.75) is 33.2 Å². The maximum Gasteiger partial charge on any atom is 0.307 e. The summed E-state index contributed by atoms with van der Waals surface area (Å²) in [6.45, 7) is 5.36. The Labute approximate surface area is 160 Å². The highest BCUT2D eigenvalue weighted by Crippen LogP contribution is 2.15. The molecule has 0 bridgehead atoms. The number of methoxy groups -OCH3 is 1. The summed E-state index contributed by atoms with van der Waals surface area (Å²) in [6, 6.07) is 15.6. The van der Waals surface area contributed by atoms with Crippen LogP contribution in [0.15, 0.2) is 48.5 Å². The number of hydrogen-bond acceptors (Lipinski definition) is 4. The average Bonchev–Trinajstić information content (AvgIpc) is 2.68. The fourth-order valence-corrected chi connectivity index (χ4v) is 2.69. The predicted octanol–water partition coefficient (Wildman–Crippen LogP) is 3.53. The second kappa shape index (κ2) is 10.4. The molecule has 0 heterocycles. The largest absolute Gasteiger partial charge is 0.494 e. The van der Waals surface area contributed by atoms with Gasteiger partial charge in [-0.05, 0) is 37.1 Å². The molecule has 27 heavy (non-hydrogen) atoms. The quantitative estimate of drug-likeness (QED) is 0.635. The maximum atomic E-state index is 12.8. The van der Waals surface area contributed by atoms with E-state index < -0.39 is 0 Å². The Bertz CT molecular complexity index is 738. The van der Waals surface area contributed by atoms with Crippen LogP contribution in [0.25, 0.3) is 0 Å². The molecular formula is C22H27NO4. The van der Waals surface area contributed by atoms with E-state index in [9.17, 15) is 9.59 Å². The normalized spacial score (nSPS) is 10.3. The summed E-state index contributed by atoms with van der Waals surface area (Å²) in [6.07, 6.45) is 0.455. The number of rotatable bonds is 9. The first-order valence-electron chi connectivity index (χ1n) is 9.13. The molecule has 0 fully saturated rings. The monoisotopic (exact) mass is 369 g/mol. The Kier molecular flexibility index (Phi) is 7.86. The molecule has 2 rings (SSSR count). The minimum Gasteiger partial charge on any atom is -0.494 e. The van der Waals surface area contributed by atoms with Gasteiger partial charge in [-0.1, -0.05) is 42.0 Å². The molecule has 2 aromatic carbocycles. The Morgan fingerprint density at radius 3 is 2.19 bits per heavy atom. The number of hydrogen-bond donors (Lipinski definition) is 0. The van der Waals surface area contributed by atoms with Crippen LogP contribution in [0.4, 0.5) is 0 Å². The van der Waals surface area contributed by atoms with Crippen molar-refractivity contribution in [3.63, 3.8) is 0 Å². The third kappa shape index (κ3) is 6.77. The van der Waals surface area contributed by atoms with Gasteiger partial charge in [-0.25, -0.2) is 0 Å². The van der Waals surface area contributed by atoms with Crippen molar-refractivity contribution in [1.82, 2.24) is 4.90 Å². The minimum atomic E-state index is -0.322. The van der Waals surface area contributed by atoms with Crippen LogP contribution < -0.4 is 4.74 Å². The van der Waals surface area contributed by atoms with Crippen LogP contribution in [0.5, 0.6) is 5.75 Å². The summed E-state index contributed by atoms with van der Waals surface area (Å²) < 4.78 is 10.1. The van der Waals surface area contributed by atoms with E-state index in [0.717, 1.165) is 16.9 Å². The zero-order chi connectivity index (χ0) is 19.6. The number of nitrogens with zero attached hydrogens (tertiary/aromatic N) is 1. The van der Waals surface area contributed by atoms with Crippen LogP contribution in [-0.4, -0.2) is 37.0 Å². The number of carbonyl (C=O) groups excluding carboxylic acids is 2. The van der Waals surface area contributed by atoms with Crippen LogP contribution in [0.3, 0.4) is 0 Å². The summed E-state index contributed by atoms with van der Waals surface area (Å²) in [5, 5.41) is 0. The SMILES string of the molecule is CCOc1ccc(CC(=O)N(CCC(=O)OC)Cc2ccc(C)cc2)cc1. The Hall–Kier alpha value is -2.82. The smallest absolute Gasteiger partial charge is 0.307 e. The van der Waals surface area contributed by atoms with Crippen LogP contribution >= 0.6 is 0 Å². The molecule has 0 unspecified atom stereocenters. The molecule has 144 valence electrons. The first-order chi connectivity index (χ1) is 13.0. The van der Waals surface area contributed by atoms with Crippen molar-refractivity contribution in [2.24, 2.45) is 0 Å². The summed E-state index contributed by atoms with van der Waals surface area (Å²) >= 11 is 0. The second-order valence-corrected chi connectivity index (χ2v) is 6.38. The molecular weight excluding hydrogens is 342 g/mol. The van der Waals surface area contributed by atoms with Gasteiger partial charge in [0.05, 0.1) is 26.6 Å². The Morgan fingerprint density at radius 2 is 1.59 bits per heavy atom. The molecule has 0 N–H and O–H groups in total. The highest BCUT2D eigenvalue weighted by molar-refractivity contribution is 5.79. The van der Waals surface area contributed by atoms with E-state index in [4.69, 9.17) is 9.47 Å². The highest BCUT2D eigenvalue weighted by Gasteiger charge is 2.16. The second-order valence-electron chi connectivity index (χ2n) is 6.38. The van der Waals surface area contributed by atoms with Crippen LogP contribution in [0, 0.1) is 6.92 Å². The molecule has 0 aromatic heterocycles. The van der Waals surface area contributed by atoms with Crippen molar-refractivity contribution >= 4 is 11.9 Å². The van der Waals surface area contributed by atoms with Crippen LogP contribution in [0.2, 0.25) is 0 Å². The number of aryl methyl sites for hydroxylation is 1. The fraction of sp³-hybridized carbons (Fsp3) is 0.364. The molecule has 2 aromatic rings. The lowest BCUT2D eigenvalue weighted by Gasteiger charge is -2.23. The van der Waals surface area contributed by atoms with Gasteiger partial charge in [0.15, 0.2) is 0 Å². The van der Waals surface area contributed by atoms with Crippen molar-refractivity contribution < 1.29 is 19.1 Å². The number of carbonyl (C=O) groups is 2. The zero-order valence-corrected chi connectivity index (χ0v) is 16.2. The van der Waals surface area contributed by atoms with E-state index in [1.165, 1.54) is 12.7 Å². The number of ether oxygens (including phenoxy) is 2. The number of benzene rings is 2. The third-order valence-corrected chi connectivity index (χ3v) is 4.25. The topological polar surface area (TPSA) is 55.8 Å². The van der Waals surface area contributed by atoms with Gasteiger partial charge in [-0.15, -0.1) is 0 Å². The van der Waals surface area contributed by atoms with Gasteiger partial charge in [0.2, 0.25) is 5.91 Å². The fourth-order valence-electron chi connectivity index (χ4n) is 2.69. The highest BCUT2D eigenvalue weighted by atomic mass is 16.5. The Morgan fingerprint density at radius 1 is 0.963 bits per heavy atom. The lowest BCUT2D eigenvalue weighted by molar-refractivity contribution is -0.141. The van der Waals surface area contributed by atoms with Gasteiger partial charge in [0, 0.05) is 13.1 Å². The molecule has 0 radical (unpaired) electrons. The molecule has 0 aliphatic heterocycles. The first kappa shape index (κ1) is 20.5. The summed E-state index contributed by atoms with van der Waals surface area (Å²) in [5.74, 6) is 0.442. The number of amides is 1. The van der Waals surface area contributed by atoms with E-state index in [1.807, 2.05) is 62.4 Å². The van der Waals surface area contributed by atoms with Crippen molar-refractivity contribution in [3.8, 4) is 5.75 Å². The van der Waals surface area contributed by atoms with Crippen LogP contribution in [-0.2, 0) is 27.3 Å². The molecule has 0 aliphatic rings. The summed E-state index contributed by atoms with van der Waals surface area (Å²) in [5.41, 5.74) is 3.11. The van der Waals surface area contributed by atoms with Gasteiger partial charge in [-0.2, -0.15) is 0 Å². The molecule has 0 spiro atoms. The standard InChI is InChI=1S/C22H27NO4/c1-4-27-20-11-9-18(10-12-20)15-21(24)23(14-13-22(25)26-3)16-19-7-5-17(2)6-8-19/h5-12H,4,13-16H2,1-3H3. The van der Waals surface area contributed by atoms with E-state index >= 15 is 0 Å². The molecule has 1 amide bonds. The minimum absolute atomic E-state index is 0.0244. The van der Waals surface area contributed by atoms with Crippen LogP contribution in [0.1, 0.15) is 30.0 Å². The van der Waals surface area contributed by atoms with Gasteiger partial charge in [0.1, 0.15) is 5.75 Å². The maximum absolute atomic E-state index is 12.8. The third-order valence-electron chi connectivity index (χ3n) is 4.25. The average molecular weight is 369 g/mol. The van der Waals surface area contributed by atoms with E-state index in [2.05, 4.69) is 0 Å². The Balaban J connectivity index is 2.06. The van der Waals surface area contributed by atoms with E-state index in [-0.39, 0.29) is 24.7 Å². The lowest BCUT2D eigenvalue weighted by atomic mass is 10.1. The molecule has 5 heteroatoms. The van der Waals surface area contributed by atoms with Crippen molar-refractivity contribution in [2.75, 3.05) is 20.3 Å². The molecule has 0 aliphatic carbocycles.